The van der Waals surface area contributed by atoms with Crippen molar-refractivity contribution in [3.8, 4) is 0 Å². The van der Waals surface area contributed by atoms with Gasteiger partial charge in [0.05, 0.1) is 5.75 Å². The number of aromatic nitrogens is 3. The summed E-state index contributed by atoms with van der Waals surface area (Å²) in [7, 11) is 0. The van der Waals surface area contributed by atoms with Crippen molar-refractivity contribution in [3.63, 3.8) is 0 Å². The lowest BCUT2D eigenvalue weighted by Gasteiger charge is -2.22. The highest BCUT2D eigenvalue weighted by atomic mass is 32.2. The van der Waals surface area contributed by atoms with E-state index in [1.807, 2.05) is 0 Å². The van der Waals surface area contributed by atoms with E-state index in [9.17, 15) is 4.79 Å². The number of rotatable bonds is 6. The topological polar surface area (TPSA) is 59.8 Å². The Labute approximate surface area is 124 Å². The minimum absolute atomic E-state index is 0.116. The van der Waals surface area contributed by atoms with Gasteiger partial charge in [0.25, 0.3) is 0 Å². The van der Waals surface area contributed by atoms with Gasteiger partial charge >= 0.3 is 0 Å². The number of nitrogens with one attached hydrogen (secondary N) is 1. The average Bonchev–Trinajstić information content (AvgIpc) is 2.88. The van der Waals surface area contributed by atoms with Crippen LogP contribution in [0.3, 0.4) is 0 Å². The highest BCUT2D eigenvalue weighted by molar-refractivity contribution is 7.99. The van der Waals surface area contributed by atoms with Gasteiger partial charge in [0.2, 0.25) is 5.91 Å². The zero-order valence-corrected chi connectivity index (χ0v) is 13.2. The number of carbonyl (C=O) groups is 1. The van der Waals surface area contributed by atoms with Gasteiger partial charge in [0.1, 0.15) is 5.82 Å². The van der Waals surface area contributed by atoms with Crippen LogP contribution in [0.1, 0.15) is 51.8 Å². The Morgan fingerprint density at radius 1 is 1.30 bits per heavy atom. The third-order valence-electron chi connectivity index (χ3n) is 3.73. The molecule has 2 rings (SSSR count). The van der Waals surface area contributed by atoms with Crippen molar-refractivity contribution in [2.24, 2.45) is 0 Å². The third-order valence-corrected chi connectivity index (χ3v) is 4.70. The van der Waals surface area contributed by atoms with E-state index in [0.29, 0.717) is 11.8 Å². The van der Waals surface area contributed by atoms with Gasteiger partial charge in [-0.2, -0.15) is 0 Å². The summed E-state index contributed by atoms with van der Waals surface area (Å²) < 4.78 is 2.08. The van der Waals surface area contributed by atoms with E-state index in [1.54, 1.807) is 0 Å². The fourth-order valence-corrected chi connectivity index (χ4v) is 3.48. The van der Waals surface area contributed by atoms with Crippen molar-refractivity contribution >= 4 is 17.7 Å². The van der Waals surface area contributed by atoms with Crippen LogP contribution in [0.5, 0.6) is 0 Å². The molecule has 1 fully saturated rings. The summed E-state index contributed by atoms with van der Waals surface area (Å²) in [5.74, 6) is 1.53. The van der Waals surface area contributed by atoms with E-state index in [0.717, 1.165) is 36.8 Å². The van der Waals surface area contributed by atoms with Crippen molar-refractivity contribution in [1.82, 2.24) is 20.1 Å². The van der Waals surface area contributed by atoms with Crippen molar-refractivity contribution in [1.29, 1.82) is 0 Å². The summed E-state index contributed by atoms with van der Waals surface area (Å²) in [4.78, 5) is 12.0. The molecular formula is C14H24N4OS. The largest absolute Gasteiger partial charge is 0.353 e. The predicted octanol–water partition coefficient (Wildman–Crippen LogP) is 2.40. The second-order valence-electron chi connectivity index (χ2n) is 5.19. The standard InChI is InChI=1S/C14H24N4OS/c1-3-12-16-17-14(18(12)4-2)20-10-13(19)15-11-8-6-5-7-9-11/h11H,3-10H2,1-2H3,(H,15,19). The molecule has 0 bridgehead atoms. The molecule has 1 aromatic heterocycles. The van der Waals surface area contributed by atoms with Gasteiger partial charge in [-0.15, -0.1) is 10.2 Å². The molecule has 20 heavy (non-hydrogen) atoms. The Hall–Kier alpha value is -1.04. The van der Waals surface area contributed by atoms with Crippen LogP contribution in [0.15, 0.2) is 5.16 Å². The van der Waals surface area contributed by atoms with Crippen LogP contribution < -0.4 is 5.32 Å². The van der Waals surface area contributed by atoms with Crippen LogP contribution in [-0.4, -0.2) is 32.5 Å². The molecule has 0 aromatic carbocycles. The fourth-order valence-electron chi connectivity index (χ4n) is 2.65. The lowest BCUT2D eigenvalue weighted by molar-refractivity contribution is -0.119. The average molecular weight is 296 g/mol. The Balaban J connectivity index is 1.82. The molecule has 0 saturated heterocycles. The number of thioether (sulfide) groups is 1. The molecule has 1 aliphatic rings. The van der Waals surface area contributed by atoms with E-state index in [4.69, 9.17) is 0 Å². The number of hydrogen-bond acceptors (Lipinski definition) is 4. The van der Waals surface area contributed by atoms with Crippen LogP contribution in [0, 0.1) is 0 Å². The first kappa shape index (κ1) is 15.4. The first-order chi connectivity index (χ1) is 9.74. The fraction of sp³-hybridized carbons (Fsp3) is 0.786. The summed E-state index contributed by atoms with van der Waals surface area (Å²) in [6, 6.07) is 0.382. The molecule has 0 radical (unpaired) electrons. The Kier molecular flexibility index (Phi) is 5.88. The zero-order valence-electron chi connectivity index (χ0n) is 12.4. The first-order valence-electron chi connectivity index (χ1n) is 7.58. The van der Waals surface area contributed by atoms with E-state index in [-0.39, 0.29) is 5.91 Å². The van der Waals surface area contributed by atoms with E-state index in [2.05, 4.69) is 33.9 Å². The monoisotopic (exact) mass is 296 g/mol. The summed E-state index contributed by atoms with van der Waals surface area (Å²) in [5.41, 5.74) is 0. The summed E-state index contributed by atoms with van der Waals surface area (Å²) >= 11 is 1.48. The molecule has 0 unspecified atom stereocenters. The minimum Gasteiger partial charge on any atom is -0.353 e. The molecule has 1 aliphatic carbocycles. The second kappa shape index (κ2) is 7.67. The molecule has 1 amide bonds. The van der Waals surface area contributed by atoms with Crippen LogP contribution in [0.2, 0.25) is 0 Å². The highest BCUT2D eigenvalue weighted by Crippen LogP contribution is 2.19. The quantitative estimate of drug-likeness (QED) is 0.819. The maximum Gasteiger partial charge on any atom is 0.230 e. The molecular weight excluding hydrogens is 272 g/mol. The number of aryl methyl sites for hydroxylation is 1. The molecule has 0 aliphatic heterocycles. The van der Waals surface area contributed by atoms with Gasteiger partial charge in [-0.25, -0.2) is 0 Å². The first-order valence-corrected chi connectivity index (χ1v) is 8.57. The predicted molar refractivity (Wildman–Crippen MR) is 80.8 cm³/mol. The Morgan fingerprint density at radius 3 is 2.70 bits per heavy atom. The lowest BCUT2D eigenvalue weighted by atomic mass is 9.95. The summed E-state index contributed by atoms with van der Waals surface area (Å²) in [6.45, 7) is 5.00. The summed E-state index contributed by atoms with van der Waals surface area (Å²) in [6.07, 6.45) is 6.91. The Morgan fingerprint density at radius 2 is 2.05 bits per heavy atom. The minimum atomic E-state index is 0.116. The van der Waals surface area contributed by atoms with E-state index >= 15 is 0 Å². The normalized spacial score (nSPS) is 16.3. The van der Waals surface area contributed by atoms with Crippen molar-refractivity contribution in [2.45, 2.75) is 70.1 Å². The molecule has 1 saturated carbocycles. The third kappa shape index (κ3) is 3.98. The van der Waals surface area contributed by atoms with Crippen LogP contribution >= 0.6 is 11.8 Å². The highest BCUT2D eigenvalue weighted by Gasteiger charge is 2.17. The van der Waals surface area contributed by atoms with Crippen molar-refractivity contribution in [3.05, 3.63) is 5.82 Å². The Bertz CT molecular complexity index is 440. The number of nitrogens with zero attached hydrogens (tertiary/aromatic N) is 3. The molecule has 112 valence electrons. The maximum atomic E-state index is 12.0. The molecule has 1 heterocycles. The van der Waals surface area contributed by atoms with E-state index in [1.165, 1.54) is 31.0 Å². The van der Waals surface area contributed by atoms with Crippen molar-refractivity contribution in [2.75, 3.05) is 5.75 Å². The zero-order chi connectivity index (χ0) is 14.4. The van der Waals surface area contributed by atoms with Crippen LogP contribution in [0.4, 0.5) is 0 Å². The van der Waals surface area contributed by atoms with Crippen LogP contribution in [-0.2, 0) is 17.8 Å². The van der Waals surface area contributed by atoms with Gasteiger partial charge in [0, 0.05) is 19.0 Å². The van der Waals surface area contributed by atoms with Gasteiger partial charge in [-0.1, -0.05) is 37.9 Å². The van der Waals surface area contributed by atoms with E-state index < -0.39 is 0 Å². The molecule has 1 N–H and O–H groups in total. The molecule has 1 aromatic rings. The van der Waals surface area contributed by atoms with Gasteiger partial charge < -0.3 is 9.88 Å². The smallest absolute Gasteiger partial charge is 0.230 e. The van der Waals surface area contributed by atoms with Gasteiger partial charge in [-0.05, 0) is 19.8 Å². The van der Waals surface area contributed by atoms with Gasteiger partial charge in [0.15, 0.2) is 5.16 Å². The molecule has 0 spiro atoms. The SMILES string of the molecule is CCc1nnc(SCC(=O)NC2CCCCC2)n1CC. The molecule has 6 heteroatoms. The number of hydrogen-bond donors (Lipinski definition) is 1. The number of amides is 1. The van der Waals surface area contributed by atoms with Crippen molar-refractivity contribution < 1.29 is 4.79 Å². The molecule has 5 nitrogen and oxygen atoms in total. The maximum absolute atomic E-state index is 12.0. The van der Waals surface area contributed by atoms with Gasteiger partial charge in [-0.3, -0.25) is 4.79 Å². The lowest BCUT2D eigenvalue weighted by Crippen LogP contribution is -2.37. The second-order valence-corrected chi connectivity index (χ2v) is 6.13. The van der Waals surface area contributed by atoms with Crippen LogP contribution in [0.25, 0.3) is 0 Å². The molecule has 0 atom stereocenters. The summed E-state index contributed by atoms with van der Waals surface area (Å²) in [5, 5.41) is 12.3. The number of carbonyl (C=O) groups excluding carboxylic acids is 1.